The van der Waals surface area contributed by atoms with E-state index < -0.39 is 254 Å². The van der Waals surface area contributed by atoms with Crippen molar-refractivity contribution in [3.05, 3.63) is 175 Å². The van der Waals surface area contributed by atoms with Crippen LogP contribution in [-0.4, -0.2) is 15.0 Å². The van der Waals surface area contributed by atoms with E-state index in [0.29, 0.717) is 22.7 Å². The second kappa shape index (κ2) is 12.8. The van der Waals surface area contributed by atoms with Crippen molar-refractivity contribution in [2.75, 3.05) is 0 Å². The van der Waals surface area contributed by atoms with Crippen molar-refractivity contribution >= 4 is 85.0 Å². The lowest BCUT2D eigenvalue weighted by Gasteiger charge is -2.11. The van der Waals surface area contributed by atoms with Gasteiger partial charge in [-0.1, -0.05) is 139 Å². The number of fused-ring (bicyclic) bond motifs is 9. The molecule has 8 aromatic carbocycles. The first-order chi connectivity index (χ1) is 40.3. The third kappa shape index (κ3) is 5.15. The van der Waals surface area contributed by atoms with E-state index in [-0.39, 0.29) is 40.3 Å². The van der Waals surface area contributed by atoms with E-state index in [1.807, 2.05) is 0 Å². The first-order valence-electron chi connectivity index (χ1n) is 31.1. The Morgan fingerprint density at radius 1 is 0.386 bits per heavy atom. The zero-order chi connectivity index (χ0) is 62.7. The fourth-order valence-electron chi connectivity index (χ4n) is 6.56. The molecule has 0 fully saturated rings. The molecule has 4 heterocycles. The number of furan rings is 1. The van der Waals surface area contributed by atoms with Crippen molar-refractivity contribution in [3.8, 4) is 56.4 Å². The van der Waals surface area contributed by atoms with Gasteiger partial charge in [0, 0.05) is 67.8 Å². The van der Waals surface area contributed by atoms with E-state index in [1.165, 1.54) is 0 Å². The Labute approximate surface area is 375 Å². The Kier molecular flexibility index (Phi) is 3.32. The molecule has 0 atom stereocenters. The molecule has 0 bridgehead atoms. The highest BCUT2D eigenvalue weighted by Gasteiger charge is 2.22. The Hall–Kier alpha value is -6.99. The Morgan fingerprint density at radius 3 is 1.72 bits per heavy atom. The molecule has 4 aromatic heterocycles. The fraction of sp³-hybridized carbons (Fsp3) is 0. The van der Waals surface area contributed by atoms with Crippen molar-refractivity contribution < 1.29 is 44.2 Å². The van der Waals surface area contributed by atoms with Crippen molar-refractivity contribution in [2.24, 2.45) is 0 Å². The lowest BCUT2D eigenvalue weighted by Crippen LogP contribution is -2.00. The van der Waals surface area contributed by atoms with Crippen LogP contribution < -0.4 is 0 Å². The minimum atomic E-state index is -0.983. The number of nitrogens with zero attached hydrogens (tertiary/aromatic N) is 3. The Balaban J connectivity index is 1.28. The average Bonchev–Trinajstić information content (AvgIpc) is 1.89. The molecule has 4 nitrogen and oxygen atoms in total. The van der Waals surface area contributed by atoms with Crippen LogP contribution in [0.15, 0.2) is 180 Å². The maximum absolute atomic E-state index is 10.4. The topological polar surface area (TPSA) is 51.8 Å². The number of benzene rings is 8. The number of thiophene rings is 2. The molecule has 0 spiro atoms. The number of hydrogen-bond acceptors (Lipinski definition) is 6. The van der Waals surface area contributed by atoms with Gasteiger partial charge in [-0.2, -0.15) is 0 Å². The SMILES string of the molecule is [2H]c1c([2H])c([2H])c(-c2nc(-c3c([2H])c([2H])c([2H])c([2H])c3[2H])nc(-c3c([2H])c([2H])c([2H])c4c3oc3c([2H])c([2H])c([2H])c(-c5c([2H])c(-c6c([2H])c([2H])c([2H])c7c6sc6c([2H])c([2H])c([2H])c([2H])c67)c6c(sc7c([2H])c([2H])c([2H])c([2H])c76)c5[2H])c34)n2)c([2H])c1[2H]. The summed E-state index contributed by atoms with van der Waals surface area (Å²) in [5, 5.41) is -2.21. The summed E-state index contributed by atoms with van der Waals surface area (Å²) in [6.07, 6.45) is 0. The Bertz CT molecular complexity index is 5100. The van der Waals surface area contributed by atoms with E-state index in [9.17, 15) is 13.7 Å². The average molecular weight is 793 g/mol. The van der Waals surface area contributed by atoms with Gasteiger partial charge in [0.05, 0.1) is 45.3 Å². The predicted molar refractivity (Wildman–Crippen MR) is 240 cm³/mol. The first kappa shape index (κ1) is 14.8. The first-order valence-corrected chi connectivity index (χ1v) is 18.2. The lowest BCUT2D eigenvalue weighted by molar-refractivity contribution is 0.669. The van der Waals surface area contributed by atoms with E-state index in [0.717, 1.165) is 0 Å². The van der Waals surface area contributed by atoms with Gasteiger partial charge < -0.3 is 4.42 Å². The van der Waals surface area contributed by atoms with Gasteiger partial charge in [-0.25, -0.2) is 15.0 Å². The largest absolute Gasteiger partial charge is 0.455 e. The minimum Gasteiger partial charge on any atom is -0.455 e. The summed E-state index contributed by atoms with van der Waals surface area (Å²) in [5.74, 6) is -2.44. The standard InChI is InChI=1S/C51H29N3OS2/c1-3-14-30(15-4-1)49-52-50(31-16-5-2-6-17-31)54-51(53-49)39-24-12-23-38-45-33(20-13-25-41(45)55-47(38)39)32-28-40(46-37-19-8-10-27-43(37)56-44(46)29-32)36-22-11-21-35-34-18-7-9-26-42(34)57-48(35)36/h1-29H/i1D,2D,3D,4D,5D,6D,7D,8D,9D,10D,11D,12D,13D,14D,15D,16D,17D,18D,19D,20D,21D,22D,23D,24D,25D,26D,27D,28D,29D. The molecule has 12 aromatic rings. The molecule has 0 radical (unpaired) electrons. The highest BCUT2D eigenvalue weighted by Crippen LogP contribution is 2.48. The van der Waals surface area contributed by atoms with Crippen LogP contribution in [0.25, 0.3) is 119 Å². The van der Waals surface area contributed by atoms with Gasteiger partial charge in [-0.3, -0.25) is 0 Å². The molecule has 6 heteroatoms. The number of rotatable bonds is 5. The van der Waals surface area contributed by atoms with Gasteiger partial charge in [0.25, 0.3) is 0 Å². The van der Waals surface area contributed by atoms with Gasteiger partial charge >= 0.3 is 0 Å². The third-order valence-electron chi connectivity index (χ3n) is 8.94. The van der Waals surface area contributed by atoms with Crippen molar-refractivity contribution in [3.63, 3.8) is 0 Å². The molecule has 0 aliphatic rings. The molecule has 0 N–H and O–H groups in total. The van der Waals surface area contributed by atoms with Crippen molar-refractivity contribution in [2.45, 2.75) is 0 Å². The summed E-state index contributed by atoms with van der Waals surface area (Å²) < 4.78 is 266. The molecule has 0 saturated heterocycles. The van der Waals surface area contributed by atoms with E-state index in [1.54, 1.807) is 0 Å². The molecule has 0 aliphatic heterocycles. The maximum atomic E-state index is 10.4. The van der Waals surface area contributed by atoms with Gasteiger partial charge in [0.1, 0.15) is 11.2 Å². The summed E-state index contributed by atoms with van der Waals surface area (Å²) in [5.41, 5.74) is -5.81. The van der Waals surface area contributed by atoms with Crippen LogP contribution >= 0.6 is 22.7 Å². The summed E-state index contributed by atoms with van der Waals surface area (Å²) >= 11 is 1.27. The molecular formula is C51H29N3OS2. The minimum absolute atomic E-state index is 0.134. The quantitative estimate of drug-likeness (QED) is 0.174. The van der Waals surface area contributed by atoms with Crippen LogP contribution in [0, 0.1) is 0 Å². The van der Waals surface area contributed by atoms with Crippen LogP contribution in [-0.2, 0) is 0 Å². The number of aromatic nitrogens is 3. The predicted octanol–water partition coefficient (Wildman–Crippen LogP) is 14.8. The van der Waals surface area contributed by atoms with Gasteiger partial charge in [0.15, 0.2) is 17.5 Å². The van der Waals surface area contributed by atoms with E-state index in [2.05, 4.69) is 15.0 Å². The lowest BCUT2D eigenvalue weighted by atomic mass is 9.92. The van der Waals surface area contributed by atoms with E-state index >= 15 is 0 Å². The fourth-order valence-corrected chi connectivity index (χ4v) is 8.65. The molecule has 266 valence electrons. The number of para-hydroxylation sites is 1. The summed E-state index contributed by atoms with van der Waals surface area (Å²) in [6, 6.07) is -23.6. The Morgan fingerprint density at radius 2 is 0.965 bits per heavy atom. The summed E-state index contributed by atoms with van der Waals surface area (Å²) in [7, 11) is 0. The molecule has 0 amide bonds. The normalized spacial score (nSPS) is 19.0. The zero-order valence-electron chi connectivity index (χ0n) is 57.1. The highest BCUT2D eigenvalue weighted by atomic mass is 32.1. The second-order valence-electron chi connectivity index (χ2n) is 12.1. The molecule has 0 aliphatic carbocycles. The highest BCUT2D eigenvalue weighted by molar-refractivity contribution is 7.27. The molecule has 57 heavy (non-hydrogen) atoms. The van der Waals surface area contributed by atoms with Gasteiger partial charge in [-0.05, 0) is 52.9 Å². The van der Waals surface area contributed by atoms with Crippen LogP contribution in [0.4, 0.5) is 0 Å². The molecule has 0 saturated carbocycles. The number of hydrogen-bond donors (Lipinski definition) is 0. The molecular weight excluding hydrogens is 735 g/mol. The van der Waals surface area contributed by atoms with Crippen LogP contribution in [0.5, 0.6) is 0 Å². The van der Waals surface area contributed by atoms with Gasteiger partial charge in [0.2, 0.25) is 0 Å². The molecule has 12 rings (SSSR count). The van der Waals surface area contributed by atoms with Crippen molar-refractivity contribution in [1.29, 1.82) is 0 Å². The monoisotopic (exact) mass is 792 g/mol. The van der Waals surface area contributed by atoms with E-state index in [4.69, 9.17) is 30.5 Å². The second-order valence-corrected chi connectivity index (χ2v) is 14.1. The van der Waals surface area contributed by atoms with Crippen LogP contribution in [0.3, 0.4) is 0 Å². The maximum Gasteiger partial charge on any atom is 0.167 e. The molecule has 0 unspecified atom stereocenters. The zero-order valence-corrected chi connectivity index (χ0v) is 29.7. The summed E-state index contributed by atoms with van der Waals surface area (Å²) in [6.45, 7) is 0. The van der Waals surface area contributed by atoms with Crippen LogP contribution in [0.2, 0.25) is 0 Å². The third-order valence-corrected chi connectivity index (χ3v) is 11.1. The van der Waals surface area contributed by atoms with Crippen molar-refractivity contribution in [1.82, 2.24) is 15.0 Å². The van der Waals surface area contributed by atoms with Crippen LogP contribution in [0.1, 0.15) is 39.8 Å². The smallest absolute Gasteiger partial charge is 0.167 e. The summed E-state index contributed by atoms with van der Waals surface area (Å²) in [4.78, 5) is 13.0. The van der Waals surface area contributed by atoms with Gasteiger partial charge in [-0.15, -0.1) is 22.7 Å².